The molecular weight excluding hydrogens is 214 g/mol. The lowest BCUT2D eigenvalue weighted by Crippen LogP contribution is -2.24. The summed E-state index contributed by atoms with van der Waals surface area (Å²) >= 11 is 0. The second-order valence-electron chi connectivity index (χ2n) is 3.24. The zero-order valence-electron chi connectivity index (χ0n) is 8.65. The fraction of sp³-hybridized carbons (Fsp3) is 0.250. The summed E-state index contributed by atoms with van der Waals surface area (Å²) in [4.78, 5) is 26.2. The zero-order chi connectivity index (χ0) is 11.9. The van der Waals surface area contributed by atoms with Crippen LogP contribution in [0.3, 0.4) is 0 Å². The van der Waals surface area contributed by atoms with Gasteiger partial charge in [-0.15, -0.1) is 4.68 Å². The van der Waals surface area contributed by atoms with Crippen LogP contribution in [0, 0.1) is 0 Å². The van der Waals surface area contributed by atoms with Gasteiger partial charge in [-0.2, -0.15) is 5.10 Å². The van der Waals surface area contributed by atoms with Gasteiger partial charge in [0.05, 0.1) is 6.20 Å². The van der Waals surface area contributed by atoms with Crippen molar-refractivity contribution in [2.24, 2.45) is 14.1 Å². The predicted octanol–water partition coefficient (Wildman–Crippen LogP) is -0.997. The highest BCUT2D eigenvalue weighted by molar-refractivity contribution is 5.85. The van der Waals surface area contributed by atoms with Gasteiger partial charge in [0.25, 0.3) is 0 Å². The fourth-order valence-corrected chi connectivity index (χ4v) is 1.31. The third-order valence-electron chi connectivity index (χ3n) is 2.20. The van der Waals surface area contributed by atoms with Crippen molar-refractivity contribution in [1.82, 2.24) is 23.9 Å². The summed E-state index contributed by atoms with van der Waals surface area (Å²) in [6, 6.07) is 0. The number of imidazole rings is 1. The Morgan fingerprint density at radius 3 is 2.56 bits per heavy atom. The Morgan fingerprint density at radius 1 is 1.44 bits per heavy atom. The van der Waals surface area contributed by atoms with Crippen LogP contribution in [0.25, 0.3) is 5.95 Å². The van der Waals surface area contributed by atoms with Crippen molar-refractivity contribution in [3.05, 3.63) is 28.7 Å². The second-order valence-corrected chi connectivity index (χ2v) is 3.24. The van der Waals surface area contributed by atoms with E-state index in [1.807, 2.05) is 0 Å². The van der Waals surface area contributed by atoms with Crippen LogP contribution in [0.15, 0.2) is 17.3 Å². The number of carbonyl (C=O) groups is 1. The molecule has 8 nitrogen and oxygen atoms in total. The molecule has 0 aliphatic rings. The third-order valence-corrected chi connectivity index (χ3v) is 2.20. The minimum absolute atomic E-state index is 0.00690. The first-order chi connectivity index (χ1) is 7.52. The minimum atomic E-state index is -1.11. The van der Waals surface area contributed by atoms with Gasteiger partial charge in [-0.1, -0.05) is 0 Å². The van der Waals surface area contributed by atoms with E-state index < -0.39 is 5.97 Å². The van der Waals surface area contributed by atoms with Gasteiger partial charge in [0.15, 0.2) is 0 Å². The molecular formula is C8H9N5O3. The molecule has 2 heterocycles. The van der Waals surface area contributed by atoms with Crippen LogP contribution in [-0.4, -0.2) is 35.0 Å². The molecule has 2 aromatic heterocycles. The maximum absolute atomic E-state index is 11.6. The molecule has 16 heavy (non-hydrogen) atoms. The number of nitrogens with zero attached hydrogens (tertiary/aromatic N) is 5. The van der Waals surface area contributed by atoms with Gasteiger partial charge in [-0.25, -0.2) is 14.6 Å². The zero-order valence-corrected chi connectivity index (χ0v) is 8.65. The molecule has 2 rings (SSSR count). The molecule has 0 atom stereocenters. The molecule has 8 heteroatoms. The standard InChI is InChI=1S/C8H9N5O3/c1-11-4-10-13(8(11)16)7-9-3-5(6(14)15)12(7)2/h3-4H,1-2H3,(H,14,15). The summed E-state index contributed by atoms with van der Waals surface area (Å²) in [6.45, 7) is 0. The quantitative estimate of drug-likeness (QED) is 0.704. The largest absolute Gasteiger partial charge is 0.477 e. The van der Waals surface area contributed by atoms with E-state index in [-0.39, 0.29) is 17.3 Å². The molecule has 84 valence electrons. The van der Waals surface area contributed by atoms with Crippen LogP contribution in [0.5, 0.6) is 0 Å². The summed E-state index contributed by atoms with van der Waals surface area (Å²) < 4.78 is 3.60. The van der Waals surface area contributed by atoms with Gasteiger partial charge in [0, 0.05) is 14.1 Å². The average Bonchev–Trinajstić information content (AvgIpc) is 2.73. The number of hydrogen-bond acceptors (Lipinski definition) is 4. The van der Waals surface area contributed by atoms with Crippen molar-refractivity contribution < 1.29 is 9.90 Å². The molecule has 0 aliphatic heterocycles. The second kappa shape index (κ2) is 3.33. The molecule has 0 saturated heterocycles. The lowest BCUT2D eigenvalue weighted by Gasteiger charge is -2.00. The van der Waals surface area contributed by atoms with Gasteiger partial charge >= 0.3 is 11.7 Å². The van der Waals surface area contributed by atoms with E-state index in [9.17, 15) is 9.59 Å². The Bertz CT molecular complexity index is 605. The molecule has 2 aromatic rings. The van der Waals surface area contributed by atoms with Gasteiger partial charge in [-0.3, -0.25) is 4.57 Å². The molecule has 0 bridgehead atoms. The fourth-order valence-electron chi connectivity index (χ4n) is 1.31. The molecule has 0 aromatic carbocycles. The maximum Gasteiger partial charge on any atom is 0.354 e. The number of carboxylic acid groups (broad SMARTS) is 1. The lowest BCUT2D eigenvalue weighted by atomic mass is 10.5. The van der Waals surface area contributed by atoms with Gasteiger partial charge < -0.3 is 9.67 Å². The molecule has 1 N–H and O–H groups in total. The predicted molar refractivity (Wildman–Crippen MR) is 52.5 cm³/mol. The highest BCUT2D eigenvalue weighted by Crippen LogP contribution is 2.04. The van der Waals surface area contributed by atoms with Gasteiger partial charge in [0.1, 0.15) is 12.0 Å². The highest BCUT2D eigenvalue weighted by atomic mass is 16.4. The Morgan fingerprint density at radius 2 is 2.12 bits per heavy atom. The van der Waals surface area contributed by atoms with Crippen LogP contribution in [0.1, 0.15) is 10.5 Å². The molecule has 0 fully saturated rings. The average molecular weight is 223 g/mol. The topological polar surface area (TPSA) is 94.9 Å². The Labute approximate surface area is 89.4 Å². The summed E-state index contributed by atoms with van der Waals surface area (Å²) in [5, 5.41) is 12.6. The molecule has 0 unspecified atom stereocenters. The maximum atomic E-state index is 11.6. The van der Waals surface area contributed by atoms with Crippen molar-refractivity contribution in [3.63, 3.8) is 0 Å². The first-order valence-corrected chi connectivity index (χ1v) is 4.38. The summed E-state index contributed by atoms with van der Waals surface area (Å²) in [7, 11) is 3.06. The van der Waals surface area contributed by atoms with Crippen LogP contribution in [0.4, 0.5) is 0 Å². The molecule has 0 amide bonds. The van der Waals surface area contributed by atoms with Gasteiger partial charge in [0.2, 0.25) is 5.95 Å². The number of rotatable bonds is 2. The number of aromatic carboxylic acids is 1. The lowest BCUT2D eigenvalue weighted by molar-refractivity contribution is 0.0686. The van der Waals surface area contributed by atoms with Crippen molar-refractivity contribution in [2.75, 3.05) is 0 Å². The van der Waals surface area contributed by atoms with E-state index in [0.717, 1.165) is 4.68 Å². The van der Waals surface area contributed by atoms with Crippen LogP contribution in [0.2, 0.25) is 0 Å². The van der Waals surface area contributed by atoms with Crippen molar-refractivity contribution in [2.45, 2.75) is 0 Å². The number of hydrogen-bond donors (Lipinski definition) is 1. The summed E-state index contributed by atoms with van der Waals surface area (Å²) in [6.07, 6.45) is 2.51. The number of aromatic nitrogens is 5. The van der Waals surface area contributed by atoms with Crippen LogP contribution >= 0.6 is 0 Å². The highest BCUT2D eigenvalue weighted by Gasteiger charge is 2.16. The summed E-state index contributed by atoms with van der Waals surface area (Å²) in [5.74, 6) is -0.937. The minimum Gasteiger partial charge on any atom is -0.477 e. The van der Waals surface area contributed by atoms with E-state index in [2.05, 4.69) is 10.1 Å². The molecule has 0 spiro atoms. The van der Waals surface area contributed by atoms with E-state index >= 15 is 0 Å². The number of carboxylic acids is 1. The van der Waals surface area contributed by atoms with Crippen molar-refractivity contribution in [3.8, 4) is 5.95 Å². The monoisotopic (exact) mass is 223 g/mol. The van der Waals surface area contributed by atoms with E-state index in [4.69, 9.17) is 5.11 Å². The molecule has 0 radical (unpaired) electrons. The SMILES string of the molecule is Cn1c(C(=O)O)cnc1-n1ncn(C)c1=O. The first kappa shape index (κ1) is 10.1. The third kappa shape index (κ3) is 1.31. The Balaban J connectivity index is 2.62. The van der Waals surface area contributed by atoms with Crippen LogP contribution in [-0.2, 0) is 14.1 Å². The molecule has 0 aliphatic carbocycles. The van der Waals surface area contributed by atoms with Gasteiger partial charge in [-0.05, 0) is 0 Å². The van der Waals surface area contributed by atoms with E-state index in [1.54, 1.807) is 7.05 Å². The van der Waals surface area contributed by atoms with E-state index in [1.165, 1.54) is 28.7 Å². The Hall–Kier alpha value is -2.38. The smallest absolute Gasteiger partial charge is 0.354 e. The molecule has 0 saturated carbocycles. The normalized spacial score (nSPS) is 10.6. The number of aryl methyl sites for hydroxylation is 1. The van der Waals surface area contributed by atoms with Crippen molar-refractivity contribution >= 4 is 5.97 Å². The summed E-state index contributed by atoms with van der Waals surface area (Å²) in [5.41, 5.74) is -0.391. The first-order valence-electron chi connectivity index (χ1n) is 4.38. The Kier molecular flexibility index (Phi) is 2.11. The van der Waals surface area contributed by atoms with E-state index in [0.29, 0.717) is 0 Å². The van der Waals surface area contributed by atoms with Crippen LogP contribution < -0.4 is 5.69 Å². The van der Waals surface area contributed by atoms with Crippen molar-refractivity contribution in [1.29, 1.82) is 0 Å².